The minimum atomic E-state index is -0.989. The zero-order valence-corrected chi connectivity index (χ0v) is 10.8. The van der Waals surface area contributed by atoms with Crippen LogP contribution in [0.4, 0.5) is 4.39 Å². The van der Waals surface area contributed by atoms with Gasteiger partial charge in [0.05, 0.1) is 18.2 Å². The predicted octanol–water partition coefficient (Wildman–Crippen LogP) is 2.88. The van der Waals surface area contributed by atoms with Crippen molar-refractivity contribution >= 4 is 21.4 Å². The molecule has 0 amide bonds. The Labute approximate surface area is 112 Å². The van der Waals surface area contributed by atoms with Gasteiger partial charge in [-0.3, -0.25) is 0 Å². The van der Waals surface area contributed by atoms with Crippen molar-refractivity contribution < 1.29 is 9.50 Å². The van der Waals surface area contributed by atoms with Crippen LogP contribution < -0.4 is 0 Å². The number of aliphatic hydroxyl groups is 1. The van der Waals surface area contributed by atoms with Crippen LogP contribution in [0, 0.1) is 5.82 Å². The van der Waals surface area contributed by atoms with Gasteiger partial charge >= 0.3 is 0 Å². The maximum atomic E-state index is 13.2. The standard InChI is InChI=1S/C14H11FN2OS/c15-10-1-2-11-9(5-10)6-13(19-11)14(18)3-4-17-8-16-7-12(14)17/h1-2,5-8,18H,3-4H2/t14-/m0/s1. The van der Waals surface area contributed by atoms with Crippen LogP contribution >= 0.6 is 11.3 Å². The lowest BCUT2D eigenvalue weighted by Gasteiger charge is -2.19. The summed E-state index contributed by atoms with van der Waals surface area (Å²) in [5.41, 5.74) is -0.170. The first-order chi connectivity index (χ1) is 9.17. The van der Waals surface area contributed by atoms with E-state index in [-0.39, 0.29) is 5.82 Å². The summed E-state index contributed by atoms with van der Waals surface area (Å²) in [6.07, 6.45) is 4.08. The Morgan fingerprint density at radius 2 is 2.26 bits per heavy atom. The number of hydrogen-bond donors (Lipinski definition) is 1. The lowest BCUT2D eigenvalue weighted by molar-refractivity contribution is 0.0865. The van der Waals surface area contributed by atoms with E-state index in [0.717, 1.165) is 27.2 Å². The van der Waals surface area contributed by atoms with Crippen LogP contribution in [0.1, 0.15) is 17.0 Å². The van der Waals surface area contributed by atoms with Crippen LogP contribution in [0.2, 0.25) is 0 Å². The summed E-state index contributed by atoms with van der Waals surface area (Å²) in [7, 11) is 0. The molecule has 0 saturated heterocycles. The number of benzene rings is 1. The topological polar surface area (TPSA) is 38.0 Å². The van der Waals surface area contributed by atoms with Crippen molar-refractivity contribution in [2.75, 3.05) is 0 Å². The van der Waals surface area contributed by atoms with E-state index in [1.807, 2.05) is 10.6 Å². The van der Waals surface area contributed by atoms with Crippen LogP contribution in [0.5, 0.6) is 0 Å². The normalized spacial score (nSPS) is 22.0. The summed E-state index contributed by atoms with van der Waals surface area (Å²) in [6.45, 7) is 0.758. The molecule has 3 heterocycles. The number of imidazole rings is 1. The summed E-state index contributed by atoms with van der Waals surface area (Å²) < 4.78 is 16.2. The van der Waals surface area contributed by atoms with E-state index in [4.69, 9.17) is 0 Å². The quantitative estimate of drug-likeness (QED) is 0.741. The third-order valence-electron chi connectivity index (χ3n) is 3.74. The average molecular weight is 274 g/mol. The van der Waals surface area contributed by atoms with Crippen LogP contribution in [0.3, 0.4) is 0 Å². The molecule has 0 unspecified atom stereocenters. The van der Waals surface area contributed by atoms with Crippen LogP contribution in [0.15, 0.2) is 36.8 Å². The molecule has 0 fully saturated rings. The van der Waals surface area contributed by atoms with Crippen molar-refractivity contribution in [1.82, 2.24) is 9.55 Å². The number of hydrogen-bond acceptors (Lipinski definition) is 3. The van der Waals surface area contributed by atoms with Crippen molar-refractivity contribution in [3.63, 3.8) is 0 Å². The van der Waals surface area contributed by atoms with Gasteiger partial charge in [-0.25, -0.2) is 9.37 Å². The first kappa shape index (κ1) is 11.1. The smallest absolute Gasteiger partial charge is 0.142 e. The second kappa shape index (κ2) is 3.65. The molecule has 96 valence electrons. The Kier molecular flexibility index (Phi) is 2.14. The maximum absolute atomic E-state index is 13.2. The molecule has 5 heteroatoms. The molecule has 1 atom stereocenters. The van der Waals surface area contributed by atoms with Crippen molar-refractivity contribution in [2.24, 2.45) is 0 Å². The average Bonchev–Trinajstić information content (AvgIpc) is 3.06. The summed E-state index contributed by atoms with van der Waals surface area (Å²) in [5, 5.41) is 11.8. The van der Waals surface area contributed by atoms with Gasteiger partial charge in [0.1, 0.15) is 11.4 Å². The third-order valence-corrected chi connectivity index (χ3v) is 5.00. The van der Waals surface area contributed by atoms with Crippen molar-refractivity contribution in [2.45, 2.75) is 18.6 Å². The maximum Gasteiger partial charge on any atom is 0.142 e. The number of fused-ring (bicyclic) bond motifs is 2. The molecular formula is C14H11FN2OS. The Bertz CT molecular complexity index is 779. The van der Waals surface area contributed by atoms with Crippen molar-refractivity contribution in [1.29, 1.82) is 0 Å². The fraction of sp³-hybridized carbons (Fsp3) is 0.214. The molecule has 0 bridgehead atoms. The number of halogens is 1. The van der Waals surface area contributed by atoms with Gasteiger partial charge in [-0.1, -0.05) is 0 Å². The SMILES string of the molecule is O[C@@]1(c2cc3cc(F)ccc3s2)CCn2cncc21. The Hall–Kier alpha value is -1.72. The number of thiophene rings is 1. The molecule has 3 aromatic rings. The monoisotopic (exact) mass is 274 g/mol. The van der Waals surface area contributed by atoms with Crippen molar-refractivity contribution in [3.05, 3.63) is 53.2 Å². The van der Waals surface area contributed by atoms with Gasteiger partial charge in [0.2, 0.25) is 0 Å². The molecule has 1 aromatic carbocycles. The number of aromatic nitrogens is 2. The van der Waals surface area contributed by atoms with E-state index in [1.165, 1.54) is 23.5 Å². The molecule has 2 aromatic heterocycles. The highest BCUT2D eigenvalue weighted by Gasteiger charge is 2.40. The molecule has 1 aliphatic rings. The molecule has 3 nitrogen and oxygen atoms in total. The zero-order chi connectivity index (χ0) is 13.0. The zero-order valence-electron chi connectivity index (χ0n) is 10.0. The van der Waals surface area contributed by atoms with E-state index in [0.29, 0.717) is 6.42 Å². The van der Waals surface area contributed by atoms with Gasteiger partial charge in [0.25, 0.3) is 0 Å². The van der Waals surface area contributed by atoms with Gasteiger partial charge in [0.15, 0.2) is 0 Å². The Morgan fingerprint density at radius 1 is 1.37 bits per heavy atom. The molecule has 4 rings (SSSR count). The van der Waals surface area contributed by atoms with Crippen LogP contribution in [-0.2, 0) is 12.1 Å². The summed E-state index contributed by atoms with van der Waals surface area (Å²) in [5.74, 6) is -0.250. The summed E-state index contributed by atoms with van der Waals surface area (Å²) in [6, 6.07) is 6.59. The molecule has 0 radical (unpaired) electrons. The van der Waals surface area contributed by atoms with E-state index in [1.54, 1.807) is 18.6 Å². The predicted molar refractivity (Wildman–Crippen MR) is 71.6 cm³/mol. The highest BCUT2D eigenvalue weighted by atomic mass is 32.1. The summed E-state index contributed by atoms with van der Waals surface area (Å²) >= 11 is 1.51. The molecule has 0 spiro atoms. The largest absolute Gasteiger partial charge is 0.378 e. The highest BCUT2D eigenvalue weighted by molar-refractivity contribution is 7.19. The third kappa shape index (κ3) is 1.49. The first-order valence-corrected chi connectivity index (χ1v) is 6.91. The number of rotatable bonds is 1. The van der Waals surface area contributed by atoms with Crippen LogP contribution in [0.25, 0.3) is 10.1 Å². The van der Waals surface area contributed by atoms with E-state index in [9.17, 15) is 9.50 Å². The Morgan fingerprint density at radius 3 is 3.16 bits per heavy atom. The minimum Gasteiger partial charge on any atom is -0.378 e. The van der Waals surface area contributed by atoms with Gasteiger partial charge < -0.3 is 9.67 Å². The lowest BCUT2D eigenvalue weighted by Crippen LogP contribution is -2.22. The fourth-order valence-corrected chi connectivity index (χ4v) is 3.89. The Balaban J connectivity index is 1.91. The molecule has 19 heavy (non-hydrogen) atoms. The molecule has 0 aliphatic carbocycles. The number of nitrogens with zero attached hydrogens (tertiary/aromatic N) is 2. The van der Waals surface area contributed by atoms with Gasteiger partial charge in [-0.05, 0) is 29.7 Å². The van der Waals surface area contributed by atoms with E-state index >= 15 is 0 Å². The molecule has 1 N–H and O–H groups in total. The summed E-state index contributed by atoms with van der Waals surface area (Å²) in [4.78, 5) is 4.93. The number of aryl methyl sites for hydroxylation is 1. The second-order valence-electron chi connectivity index (χ2n) is 4.88. The van der Waals surface area contributed by atoms with Gasteiger partial charge in [0, 0.05) is 22.5 Å². The van der Waals surface area contributed by atoms with Crippen molar-refractivity contribution in [3.8, 4) is 0 Å². The second-order valence-corrected chi connectivity index (χ2v) is 5.96. The molecule has 0 saturated carbocycles. The minimum absolute atomic E-state index is 0.250. The van der Waals surface area contributed by atoms with Gasteiger partial charge in [-0.2, -0.15) is 0 Å². The van der Waals surface area contributed by atoms with E-state index in [2.05, 4.69) is 4.98 Å². The fourth-order valence-electron chi connectivity index (χ4n) is 2.72. The van der Waals surface area contributed by atoms with Gasteiger partial charge in [-0.15, -0.1) is 11.3 Å². The first-order valence-electron chi connectivity index (χ1n) is 6.09. The molecular weight excluding hydrogens is 263 g/mol. The van der Waals surface area contributed by atoms with Crippen LogP contribution in [-0.4, -0.2) is 14.7 Å². The lowest BCUT2D eigenvalue weighted by atomic mass is 9.97. The van der Waals surface area contributed by atoms with E-state index < -0.39 is 5.60 Å². The highest BCUT2D eigenvalue weighted by Crippen LogP contribution is 2.43. The molecule has 1 aliphatic heterocycles.